The van der Waals surface area contributed by atoms with Crippen molar-refractivity contribution in [1.29, 1.82) is 0 Å². The largest absolute Gasteiger partial charge is 0.491 e. The van der Waals surface area contributed by atoms with Crippen molar-refractivity contribution >= 4 is 11.8 Å². The summed E-state index contributed by atoms with van der Waals surface area (Å²) in [5.74, 6) is 0.834. The molecule has 5 nitrogen and oxygen atoms in total. The minimum atomic E-state index is -0.299. The molecule has 1 aromatic rings. The van der Waals surface area contributed by atoms with Gasteiger partial charge in [-0.25, -0.2) is 0 Å². The van der Waals surface area contributed by atoms with E-state index in [0.29, 0.717) is 6.54 Å². The zero-order chi connectivity index (χ0) is 18.4. The number of nitrogens with zero attached hydrogens (tertiary/aromatic N) is 1. The SMILES string of the molecule is CC(=O)N1CCC[C@H]1C(=O)N[C@@H](C)CCc1ccc(OC(C)C)cc1. The topological polar surface area (TPSA) is 58.6 Å². The third kappa shape index (κ3) is 5.76. The lowest BCUT2D eigenvalue weighted by atomic mass is 10.1. The molecule has 5 heteroatoms. The van der Waals surface area contributed by atoms with Gasteiger partial charge in [-0.15, -0.1) is 0 Å². The van der Waals surface area contributed by atoms with E-state index in [4.69, 9.17) is 4.74 Å². The van der Waals surface area contributed by atoms with Crippen LogP contribution < -0.4 is 10.1 Å². The number of hydrogen-bond acceptors (Lipinski definition) is 3. The second-order valence-electron chi connectivity index (χ2n) is 7.13. The van der Waals surface area contributed by atoms with E-state index in [-0.39, 0.29) is 30.0 Å². The molecular weight excluding hydrogens is 316 g/mol. The number of aryl methyl sites for hydroxylation is 1. The fourth-order valence-electron chi connectivity index (χ4n) is 3.22. The molecule has 138 valence electrons. The molecule has 1 aliphatic rings. The highest BCUT2D eigenvalue weighted by molar-refractivity contribution is 5.87. The molecule has 0 bridgehead atoms. The zero-order valence-corrected chi connectivity index (χ0v) is 15.7. The van der Waals surface area contributed by atoms with Crippen molar-refractivity contribution in [2.45, 2.75) is 71.6 Å². The molecule has 1 heterocycles. The van der Waals surface area contributed by atoms with Crippen molar-refractivity contribution in [3.63, 3.8) is 0 Å². The van der Waals surface area contributed by atoms with Gasteiger partial charge in [-0.3, -0.25) is 9.59 Å². The Bertz CT molecular complexity index is 583. The molecule has 2 atom stereocenters. The second kappa shape index (κ2) is 8.88. The number of benzene rings is 1. The summed E-state index contributed by atoms with van der Waals surface area (Å²) in [6, 6.07) is 7.89. The van der Waals surface area contributed by atoms with E-state index in [2.05, 4.69) is 17.4 Å². The van der Waals surface area contributed by atoms with Crippen molar-refractivity contribution in [2.24, 2.45) is 0 Å². The van der Waals surface area contributed by atoms with E-state index < -0.39 is 0 Å². The first-order chi connectivity index (χ1) is 11.9. The Balaban J connectivity index is 1.79. The number of rotatable bonds is 7. The van der Waals surface area contributed by atoms with E-state index in [1.807, 2.05) is 32.9 Å². The van der Waals surface area contributed by atoms with Gasteiger partial charge < -0.3 is 15.0 Å². The van der Waals surface area contributed by atoms with Crippen LogP contribution in [0.25, 0.3) is 0 Å². The average Bonchev–Trinajstić information content (AvgIpc) is 3.03. The zero-order valence-electron chi connectivity index (χ0n) is 15.7. The van der Waals surface area contributed by atoms with Crippen LogP contribution in [0.15, 0.2) is 24.3 Å². The third-order valence-corrected chi connectivity index (χ3v) is 4.51. The minimum absolute atomic E-state index is 0.0194. The molecule has 25 heavy (non-hydrogen) atoms. The Hall–Kier alpha value is -2.04. The maximum Gasteiger partial charge on any atom is 0.243 e. The normalized spacial score (nSPS) is 18.3. The molecule has 2 rings (SSSR count). The summed E-state index contributed by atoms with van der Waals surface area (Å²) in [6.07, 6.45) is 3.59. The maximum absolute atomic E-state index is 12.4. The lowest BCUT2D eigenvalue weighted by molar-refractivity contribution is -0.137. The number of likely N-dealkylation sites (tertiary alicyclic amines) is 1. The number of amides is 2. The van der Waals surface area contributed by atoms with Crippen LogP contribution in [0.4, 0.5) is 0 Å². The van der Waals surface area contributed by atoms with Crippen LogP contribution in [-0.4, -0.2) is 41.4 Å². The fourth-order valence-corrected chi connectivity index (χ4v) is 3.22. The first-order valence-electron chi connectivity index (χ1n) is 9.20. The number of nitrogens with one attached hydrogen (secondary N) is 1. The van der Waals surface area contributed by atoms with Gasteiger partial charge in [0.2, 0.25) is 11.8 Å². The summed E-state index contributed by atoms with van der Waals surface area (Å²) in [5.41, 5.74) is 1.23. The van der Waals surface area contributed by atoms with Gasteiger partial charge in [-0.1, -0.05) is 12.1 Å². The first-order valence-corrected chi connectivity index (χ1v) is 9.20. The standard InChI is InChI=1S/C20H30N2O3/c1-14(2)25-18-11-9-17(10-12-18)8-7-15(3)21-20(24)19-6-5-13-22(19)16(4)23/h9-12,14-15,19H,5-8,13H2,1-4H3,(H,21,24)/t15-,19-/m0/s1. The summed E-state index contributed by atoms with van der Waals surface area (Å²) < 4.78 is 5.64. The predicted octanol–water partition coefficient (Wildman–Crippen LogP) is 2.92. The van der Waals surface area contributed by atoms with Crippen LogP contribution in [-0.2, 0) is 16.0 Å². The summed E-state index contributed by atoms with van der Waals surface area (Å²) in [6.45, 7) is 8.25. The van der Waals surface area contributed by atoms with Crippen molar-refractivity contribution in [3.05, 3.63) is 29.8 Å². The molecule has 0 spiro atoms. The Labute approximate surface area is 150 Å². The highest BCUT2D eigenvalue weighted by atomic mass is 16.5. The lowest BCUT2D eigenvalue weighted by Gasteiger charge is -2.24. The number of carbonyl (C=O) groups is 2. The maximum atomic E-state index is 12.4. The molecule has 1 N–H and O–H groups in total. The van der Waals surface area contributed by atoms with Gasteiger partial charge in [-0.05, 0) is 64.2 Å². The van der Waals surface area contributed by atoms with E-state index >= 15 is 0 Å². The van der Waals surface area contributed by atoms with Crippen molar-refractivity contribution < 1.29 is 14.3 Å². The van der Waals surface area contributed by atoms with Crippen LogP contribution in [0.1, 0.15) is 52.5 Å². The van der Waals surface area contributed by atoms with Gasteiger partial charge in [0, 0.05) is 19.5 Å². The highest BCUT2D eigenvalue weighted by Crippen LogP contribution is 2.18. The van der Waals surface area contributed by atoms with Crippen LogP contribution in [0.5, 0.6) is 5.75 Å². The molecule has 2 amide bonds. The Morgan fingerprint density at radius 3 is 2.52 bits per heavy atom. The molecule has 1 saturated heterocycles. The van der Waals surface area contributed by atoms with E-state index in [1.54, 1.807) is 4.90 Å². The summed E-state index contributed by atoms with van der Waals surface area (Å²) in [4.78, 5) is 25.7. The second-order valence-corrected chi connectivity index (χ2v) is 7.13. The Morgan fingerprint density at radius 2 is 1.92 bits per heavy atom. The average molecular weight is 346 g/mol. The third-order valence-electron chi connectivity index (χ3n) is 4.51. The number of ether oxygens (including phenoxy) is 1. The van der Waals surface area contributed by atoms with Crippen LogP contribution in [0, 0.1) is 0 Å². The monoisotopic (exact) mass is 346 g/mol. The number of hydrogen-bond donors (Lipinski definition) is 1. The minimum Gasteiger partial charge on any atom is -0.491 e. The van der Waals surface area contributed by atoms with E-state index in [1.165, 1.54) is 12.5 Å². The van der Waals surface area contributed by atoms with Gasteiger partial charge in [0.05, 0.1) is 6.10 Å². The molecule has 0 aliphatic carbocycles. The molecule has 0 unspecified atom stereocenters. The molecule has 1 aromatic carbocycles. The molecule has 0 saturated carbocycles. The van der Waals surface area contributed by atoms with E-state index in [9.17, 15) is 9.59 Å². The van der Waals surface area contributed by atoms with Gasteiger partial charge in [0.15, 0.2) is 0 Å². The summed E-state index contributed by atoms with van der Waals surface area (Å²) in [5, 5.41) is 3.06. The van der Waals surface area contributed by atoms with Crippen molar-refractivity contribution in [1.82, 2.24) is 10.2 Å². The molecule has 1 fully saturated rings. The Kier molecular flexibility index (Phi) is 6.85. The fraction of sp³-hybridized carbons (Fsp3) is 0.600. The van der Waals surface area contributed by atoms with Crippen molar-refractivity contribution in [3.8, 4) is 5.75 Å². The molecule has 0 radical (unpaired) electrons. The van der Waals surface area contributed by atoms with Crippen LogP contribution in [0.3, 0.4) is 0 Å². The van der Waals surface area contributed by atoms with Gasteiger partial charge in [-0.2, -0.15) is 0 Å². The van der Waals surface area contributed by atoms with Gasteiger partial charge >= 0.3 is 0 Å². The quantitative estimate of drug-likeness (QED) is 0.826. The van der Waals surface area contributed by atoms with Crippen LogP contribution in [0.2, 0.25) is 0 Å². The molecule has 0 aromatic heterocycles. The van der Waals surface area contributed by atoms with Crippen molar-refractivity contribution in [2.75, 3.05) is 6.54 Å². The van der Waals surface area contributed by atoms with E-state index in [0.717, 1.165) is 31.4 Å². The summed E-state index contributed by atoms with van der Waals surface area (Å²) in [7, 11) is 0. The highest BCUT2D eigenvalue weighted by Gasteiger charge is 2.32. The lowest BCUT2D eigenvalue weighted by Crippen LogP contribution is -2.47. The van der Waals surface area contributed by atoms with Crippen LogP contribution >= 0.6 is 0 Å². The summed E-state index contributed by atoms with van der Waals surface area (Å²) >= 11 is 0. The van der Waals surface area contributed by atoms with Gasteiger partial charge in [0.25, 0.3) is 0 Å². The van der Waals surface area contributed by atoms with Gasteiger partial charge in [0.1, 0.15) is 11.8 Å². The first kappa shape index (κ1) is 19.3. The molecule has 1 aliphatic heterocycles. The predicted molar refractivity (Wildman–Crippen MR) is 98.5 cm³/mol. The smallest absolute Gasteiger partial charge is 0.243 e. The Morgan fingerprint density at radius 1 is 1.24 bits per heavy atom. The molecular formula is C20H30N2O3. The number of carbonyl (C=O) groups excluding carboxylic acids is 2.